The van der Waals surface area contributed by atoms with Crippen LogP contribution >= 0.6 is 0 Å². The Morgan fingerprint density at radius 2 is 1.85 bits per heavy atom. The molecule has 2 rings (SSSR count). The maximum absolute atomic E-state index is 12.4. The first-order valence-electron chi connectivity index (χ1n) is 7.70. The fourth-order valence-electron chi connectivity index (χ4n) is 3.51. The molecule has 2 N–H and O–H groups in total. The summed E-state index contributed by atoms with van der Waals surface area (Å²) < 4.78 is 0. The lowest BCUT2D eigenvalue weighted by Gasteiger charge is -2.37. The smallest absolute Gasteiger partial charge is 0.317 e. The van der Waals surface area contributed by atoms with Crippen LogP contribution in [-0.2, 0) is 4.79 Å². The largest absolute Gasteiger partial charge is 0.481 e. The molecular weight excluding hydrogens is 256 g/mol. The van der Waals surface area contributed by atoms with Crippen LogP contribution in [0.3, 0.4) is 0 Å². The number of nitrogens with one attached hydrogen (secondary N) is 1. The van der Waals surface area contributed by atoms with E-state index in [0.29, 0.717) is 31.2 Å². The standard InChI is InChI=1S/C15H26N2O3/c1-9-4-5-13(11(9)3)16-15(20)17-7-6-12(14(18)19)8-10(17)2/h9-13H,4-8H2,1-3H3,(H,16,20)(H,18,19). The van der Waals surface area contributed by atoms with E-state index in [4.69, 9.17) is 5.11 Å². The number of hydrogen-bond acceptors (Lipinski definition) is 2. The van der Waals surface area contributed by atoms with Gasteiger partial charge in [0.1, 0.15) is 0 Å². The lowest BCUT2D eigenvalue weighted by molar-refractivity contribution is -0.143. The van der Waals surface area contributed by atoms with Crippen molar-refractivity contribution in [1.82, 2.24) is 10.2 Å². The van der Waals surface area contributed by atoms with E-state index >= 15 is 0 Å². The molecule has 5 nitrogen and oxygen atoms in total. The van der Waals surface area contributed by atoms with E-state index in [1.54, 1.807) is 4.90 Å². The molecule has 1 heterocycles. The van der Waals surface area contributed by atoms with E-state index in [-0.39, 0.29) is 24.0 Å². The van der Waals surface area contributed by atoms with Crippen LogP contribution in [0.5, 0.6) is 0 Å². The van der Waals surface area contributed by atoms with Crippen molar-refractivity contribution in [2.45, 2.75) is 58.5 Å². The van der Waals surface area contributed by atoms with Crippen LogP contribution in [0.4, 0.5) is 4.79 Å². The quantitative estimate of drug-likeness (QED) is 0.816. The molecule has 5 atom stereocenters. The van der Waals surface area contributed by atoms with Gasteiger partial charge in [-0.1, -0.05) is 13.8 Å². The molecule has 2 fully saturated rings. The predicted molar refractivity (Wildman–Crippen MR) is 76.4 cm³/mol. The zero-order valence-corrected chi connectivity index (χ0v) is 12.6. The van der Waals surface area contributed by atoms with Crippen molar-refractivity contribution >= 4 is 12.0 Å². The van der Waals surface area contributed by atoms with Crippen molar-refractivity contribution in [1.29, 1.82) is 0 Å². The van der Waals surface area contributed by atoms with Gasteiger partial charge in [-0.15, -0.1) is 0 Å². The zero-order chi connectivity index (χ0) is 14.9. The minimum atomic E-state index is -0.741. The molecule has 114 valence electrons. The minimum absolute atomic E-state index is 0.000942. The number of carbonyl (C=O) groups excluding carboxylic acids is 1. The highest BCUT2D eigenvalue weighted by atomic mass is 16.4. The Kier molecular flexibility index (Phi) is 4.55. The third kappa shape index (κ3) is 3.07. The molecule has 5 unspecified atom stereocenters. The summed E-state index contributed by atoms with van der Waals surface area (Å²) in [7, 11) is 0. The maximum atomic E-state index is 12.4. The molecule has 0 aromatic rings. The molecule has 0 radical (unpaired) electrons. The van der Waals surface area contributed by atoms with Crippen molar-refractivity contribution in [2.24, 2.45) is 17.8 Å². The summed E-state index contributed by atoms with van der Waals surface area (Å²) in [6, 6.07) is 0.244. The van der Waals surface area contributed by atoms with Crippen molar-refractivity contribution in [3.8, 4) is 0 Å². The summed E-state index contributed by atoms with van der Waals surface area (Å²) in [5, 5.41) is 12.2. The van der Waals surface area contributed by atoms with Crippen molar-refractivity contribution < 1.29 is 14.7 Å². The van der Waals surface area contributed by atoms with Gasteiger partial charge >= 0.3 is 12.0 Å². The fourth-order valence-corrected chi connectivity index (χ4v) is 3.51. The van der Waals surface area contributed by atoms with Crippen molar-refractivity contribution in [3.63, 3.8) is 0 Å². The Morgan fingerprint density at radius 3 is 2.35 bits per heavy atom. The Morgan fingerprint density at radius 1 is 1.15 bits per heavy atom. The molecule has 0 spiro atoms. The summed E-state index contributed by atoms with van der Waals surface area (Å²) in [6.45, 7) is 6.91. The number of likely N-dealkylation sites (tertiary alicyclic amines) is 1. The second kappa shape index (κ2) is 6.02. The number of carboxylic acid groups (broad SMARTS) is 1. The van der Waals surface area contributed by atoms with E-state index < -0.39 is 5.97 Å². The lowest BCUT2D eigenvalue weighted by atomic mass is 9.92. The normalized spacial score (nSPS) is 37.8. The molecule has 0 bridgehead atoms. The molecule has 1 aliphatic heterocycles. The van der Waals surface area contributed by atoms with Crippen LogP contribution in [0.15, 0.2) is 0 Å². The Balaban J connectivity index is 1.89. The van der Waals surface area contributed by atoms with E-state index in [9.17, 15) is 9.59 Å². The van der Waals surface area contributed by atoms with Gasteiger partial charge in [0.15, 0.2) is 0 Å². The van der Waals surface area contributed by atoms with Crippen LogP contribution in [0.2, 0.25) is 0 Å². The van der Waals surface area contributed by atoms with Gasteiger partial charge < -0.3 is 15.3 Å². The molecular formula is C15H26N2O3. The highest BCUT2D eigenvalue weighted by molar-refractivity contribution is 5.76. The van der Waals surface area contributed by atoms with E-state index in [1.807, 2.05) is 6.92 Å². The summed E-state index contributed by atoms with van der Waals surface area (Å²) in [6.07, 6.45) is 3.33. The van der Waals surface area contributed by atoms with Gasteiger partial charge in [0.2, 0.25) is 0 Å². The Labute approximate surface area is 120 Å². The first-order chi connectivity index (χ1) is 9.40. The zero-order valence-electron chi connectivity index (χ0n) is 12.6. The molecule has 1 saturated heterocycles. The van der Waals surface area contributed by atoms with Crippen molar-refractivity contribution in [2.75, 3.05) is 6.54 Å². The van der Waals surface area contributed by atoms with Gasteiger partial charge in [-0.05, 0) is 44.4 Å². The summed E-state index contributed by atoms with van der Waals surface area (Å²) in [5.41, 5.74) is 0. The number of aliphatic carboxylic acids is 1. The summed E-state index contributed by atoms with van der Waals surface area (Å²) >= 11 is 0. The Hall–Kier alpha value is -1.26. The van der Waals surface area contributed by atoms with Crippen LogP contribution in [0.1, 0.15) is 46.5 Å². The average Bonchev–Trinajstić information content (AvgIpc) is 2.70. The average molecular weight is 282 g/mol. The van der Waals surface area contributed by atoms with Gasteiger partial charge in [-0.25, -0.2) is 4.79 Å². The second-order valence-electron chi connectivity index (χ2n) is 6.57. The topological polar surface area (TPSA) is 69.6 Å². The molecule has 0 aromatic heterocycles. The number of rotatable bonds is 2. The molecule has 20 heavy (non-hydrogen) atoms. The number of piperidine rings is 1. The predicted octanol–water partition coefficient (Wildman–Crippen LogP) is 2.32. The van der Waals surface area contributed by atoms with Crippen LogP contribution in [0.25, 0.3) is 0 Å². The maximum Gasteiger partial charge on any atom is 0.317 e. The first-order valence-corrected chi connectivity index (χ1v) is 7.70. The number of carbonyl (C=O) groups is 2. The van der Waals surface area contributed by atoms with Gasteiger partial charge in [-0.2, -0.15) is 0 Å². The first kappa shape index (κ1) is 15.1. The van der Waals surface area contributed by atoms with Crippen LogP contribution < -0.4 is 5.32 Å². The van der Waals surface area contributed by atoms with Gasteiger partial charge in [0.25, 0.3) is 0 Å². The van der Waals surface area contributed by atoms with E-state index in [0.717, 1.165) is 6.42 Å². The molecule has 1 aliphatic carbocycles. The molecule has 1 saturated carbocycles. The number of carboxylic acids is 1. The number of amides is 2. The van der Waals surface area contributed by atoms with Crippen LogP contribution in [-0.4, -0.2) is 40.6 Å². The Bertz CT molecular complexity index is 385. The third-order valence-corrected chi connectivity index (χ3v) is 5.26. The molecule has 0 aromatic carbocycles. The molecule has 2 aliphatic rings. The van der Waals surface area contributed by atoms with E-state index in [2.05, 4.69) is 19.2 Å². The second-order valence-corrected chi connectivity index (χ2v) is 6.57. The van der Waals surface area contributed by atoms with Crippen molar-refractivity contribution in [3.05, 3.63) is 0 Å². The monoisotopic (exact) mass is 282 g/mol. The van der Waals surface area contributed by atoms with Crippen LogP contribution in [0, 0.1) is 17.8 Å². The van der Waals surface area contributed by atoms with E-state index in [1.165, 1.54) is 6.42 Å². The SMILES string of the molecule is CC1CCC(NC(=O)N2CCC(C(=O)O)CC2C)C1C. The lowest BCUT2D eigenvalue weighted by Crippen LogP contribution is -2.52. The molecule has 5 heteroatoms. The number of nitrogens with zero attached hydrogens (tertiary/aromatic N) is 1. The molecule has 2 amide bonds. The van der Waals surface area contributed by atoms with Gasteiger partial charge in [0.05, 0.1) is 5.92 Å². The van der Waals surface area contributed by atoms with Gasteiger partial charge in [0, 0.05) is 18.6 Å². The third-order valence-electron chi connectivity index (χ3n) is 5.26. The highest BCUT2D eigenvalue weighted by Crippen LogP contribution is 2.31. The number of hydrogen-bond donors (Lipinski definition) is 2. The van der Waals surface area contributed by atoms with Gasteiger partial charge in [-0.3, -0.25) is 4.79 Å². The summed E-state index contributed by atoms with van der Waals surface area (Å²) in [5.74, 6) is 0.135. The highest BCUT2D eigenvalue weighted by Gasteiger charge is 2.35. The minimum Gasteiger partial charge on any atom is -0.481 e. The summed E-state index contributed by atoms with van der Waals surface area (Å²) in [4.78, 5) is 25.2. The fraction of sp³-hybridized carbons (Fsp3) is 0.867. The number of urea groups is 1.